The number of phenolic OH excluding ortho intramolecular Hbond substituents is 2. The topological polar surface area (TPSA) is 189 Å². The number of hydrogen-bond donors (Lipinski definition) is 4. The summed E-state index contributed by atoms with van der Waals surface area (Å²) in [5.74, 6) is 1.72. The number of amides is 2. The number of nitrogens with one attached hydrogen (secondary N) is 1. The van der Waals surface area contributed by atoms with E-state index in [-0.39, 0.29) is 47.0 Å². The third-order valence-electron chi connectivity index (χ3n) is 12.7. The number of benzene rings is 4. The number of anilines is 7. The molecule has 65 heavy (non-hydrogen) atoms. The van der Waals surface area contributed by atoms with Crippen molar-refractivity contribution in [3.63, 3.8) is 0 Å². The van der Waals surface area contributed by atoms with Crippen molar-refractivity contribution in [3.8, 4) is 40.3 Å². The van der Waals surface area contributed by atoms with E-state index in [4.69, 9.17) is 9.72 Å². The Morgan fingerprint density at radius 1 is 0.785 bits per heavy atom. The number of carbonyl (C=O) groups is 2. The molecular formula is C48H53N11O6. The van der Waals surface area contributed by atoms with Crippen LogP contribution in [0.25, 0.3) is 17.1 Å². The first-order valence-electron chi connectivity index (χ1n) is 22.0. The Labute approximate surface area is 377 Å². The average molecular weight is 880 g/mol. The molecule has 0 radical (unpaired) electrons. The van der Waals surface area contributed by atoms with Gasteiger partial charge in [0.15, 0.2) is 11.6 Å². The molecular weight excluding hydrogens is 827 g/mol. The molecule has 0 unspecified atom stereocenters. The molecule has 2 saturated heterocycles. The van der Waals surface area contributed by atoms with Crippen molar-refractivity contribution in [1.82, 2.24) is 29.6 Å². The molecule has 3 aliphatic rings. The lowest BCUT2D eigenvalue weighted by atomic mass is 9.94. The Bertz CT molecular complexity index is 2740. The van der Waals surface area contributed by atoms with Gasteiger partial charge in [0, 0.05) is 82.8 Å². The van der Waals surface area contributed by atoms with Gasteiger partial charge in [0.2, 0.25) is 11.9 Å². The second kappa shape index (κ2) is 17.5. The summed E-state index contributed by atoms with van der Waals surface area (Å²) in [5.41, 5.74) is 6.26. The molecule has 5 heterocycles. The van der Waals surface area contributed by atoms with Crippen LogP contribution in [-0.2, 0) is 4.79 Å². The first-order chi connectivity index (χ1) is 31.4. The number of piperazine rings is 1. The highest BCUT2D eigenvalue weighted by Crippen LogP contribution is 2.41. The average Bonchev–Trinajstić information content (AvgIpc) is 3.68. The molecule has 2 aromatic heterocycles. The number of carbonyl (C=O) groups excluding carboxylic acids is 2. The number of fused-ring (bicyclic) bond motifs is 2. The van der Waals surface area contributed by atoms with E-state index in [0.29, 0.717) is 84.1 Å². The van der Waals surface area contributed by atoms with Crippen molar-refractivity contribution in [2.75, 3.05) is 84.9 Å². The number of rotatable bonds is 10. The number of ether oxygens (including phenoxy) is 1. The quantitative estimate of drug-likeness (QED) is 0.110. The summed E-state index contributed by atoms with van der Waals surface area (Å²) >= 11 is 0. The Kier molecular flexibility index (Phi) is 11.5. The van der Waals surface area contributed by atoms with Gasteiger partial charge in [-0.25, -0.2) is 9.55 Å². The summed E-state index contributed by atoms with van der Waals surface area (Å²) in [5, 5.41) is 43.1. The van der Waals surface area contributed by atoms with E-state index < -0.39 is 0 Å². The summed E-state index contributed by atoms with van der Waals surface area (Å²) < 4.78 is 7.57. The summed E-state index contributed by atoms with van der Waals surface area (Å²) in [6, 6.07) is 23.8. The van der Waals surface area contributed by atoms with E-state index >= 15 is 0 Å². The Hall–Kier alpha value is -7.56. The van der Waals surface area contributed by atoms with Crippen LogP contribution in [-0.4, -0.2) is 117 Å². The van der Waals surface area contributed by atoms with E-state index in [9.17, 15) is 24.9 Å². The van der Waals surface area contributed by atoms with Gasteiger partial charge in [0.05, 0.1) is 41.0 Å². The van der Waals surface area contributed by atoms with Crippen molar-refractivity contribution >= 4 is 52.0 Å². The zero-order valence-corrected chi connectivity index (χ0v) is 37.1. The molecule has 0 atom stereocenters. The van der Waals surface area contributed by atoms with E-state index in [1.807, 2.05) is 104 Å². The van der Waals surface area contributed by atoms with Crippen molar-refractivity contribution in [2.45, 2.75) is 39.5 Å². The van der Waals surface area contributed by atoms with Crippen LogP contribution in [0, 0.1) is 5.92 Å². The fourth-order valence-corrected chi connectivity index (χ4v) is 9.03. The van der Waals surface area contributed by atoms with Crippen molar-refractivity contribution in [3.05, 3.63) is 96.2 Å². The number of hydrogen-bond acceptors (Lipinski definition) is 14. The number of para-hydroxylation sites is 1. The summed E-state index contributed by atoms with van der Waals surface area (Å²) in [4.78, 5) is 46.5. The van der Waals surface area contributed by atoms with Gasteiger partial charge >= 0.3 is 6.01 Å². The highest BCUT2D eigenvalue weighted by molar-refractivity contribution is 6.13. The van der Waals surface area contributed by atoms with E-state index in [1.165, 1.54) is 10.6 Å². The van der Waals surface area contributed by atoms with E-state index in [2.05, 4.69) is 30.3 Å². The molecule has 336 valence electrons. The number of piperidine rings is 1. The second-order valence-electron chi connectivity index (χ2n) is 16.9. The molecule has 3 aliphatic heterocycles. The normalized spacial score (nSPS) is 15.5. The maximum atomic E-state index is 13.8. The molecule has 0 saturated carbocycles. The molecule has 4 N–H and O–H groups in total. The fourth-order valence-electron chi connectivity index (χ4n) is 9.03. The molecule has 17 nitrogen and oxygen atoms in total. The fraction of sp³-hybridized carbons (Fsp3) is 0.333. The standard InChI is InChI=1S/C48H53N11O6/c1-6-65-42-25-33(15-16-37(42)50-47-49-28-39-44(51-47)54(4)38-10-8-7-9-34(38)46(63)55(39)5)56-19-17-30(18-20-56)45(62)58-23-21-57(22-24-58)31-11-13-32(14-12-31)59-43(52-53-48(59)64)36-26-35(29(2)3)40(60)27-41(36)61/h7-16,25-30,60-61H,6,17-24H2,1-5H3,(H,53,64)(H,49,50,51). The van der Waals surface area contributed by atoms with Crippen molar-refractivity contribution < 1.29 is 29.6 Å². The van der Waals surface area contributed by atoms with Crippen LogP contribution in [0.3, 0.4) is 0 Å². The van der Waals surface area contributed by atoms with Crippen LogP contribution in [0.5, 0.6) is 23.3 Å². The van der Waals surface area contributed by atoms with Crippen LogP contribution in [0.4, 0.5) is 40.2 Å². The molecule has 0 bridgehead atoms. The molecule has 6 aromatic rings. The van der Waals surface area contributed by atoms with Crippen LogP contribution in [0.2, 0.25) is 0 Å². The largest absolute Gasteiger partial charge is 0.508 e. The molecule has 0 aliphatic carbocycles. The van der Waals surface area contributed by atoms with Gasteiger partial charge in [-0.3, -0.25) is 9.59 Å². The molecule has 2 amide bonds. The highest BCUT2D eigenvalue weighted by Gasteiger charge is 2.32. The minimum absolute atomic E-state index is 0.00601. The van der Waals surface area contributed by atoms with E-state index in [0.717, 1.165) is 43.0 Å². The van der Waals surface area contributed by atoms with Gasteiger partial charge in [-0.1, -0.05) is 31.1 Å². The third-order valence-corrected chi connectivity index (χ3v) is 12.7. The monoisotopic (exact) mass is 879 g/mol. The Morgan fingerprint density at radius 3 is 2.20 bits per heavy atom. The van der Waals surface area contributed by atoms with Crippen LogP contribution >= 0.6 is 0 Å². The lowest BCUT2D eigenvalue weighted by Crippen LogP contribution is -2.51. The molecule has 2 fully saturated rings. The van der Waals surface area contributed by atoms with Gasteiger partial charge in [-0.05, 0) is 85.8 Å². The summed E-state index contributed by atoms with van der Waals surface area (Å²) in [7, 11) is 3.62. The highest BCUT2D eigenvalue weighted by atomic mass is 16.5. The number of aromatic hydroxyl groups is 3. The van der Waals surface area contributed by atoms with Gasteiger partial charge in [0.1, 0.15) is 22.9 Å². The SMILES string of the molecule is CCOc1cc(N2CCC(C(=O)N3CCN(c4ccc(-n5c(O)nnc5-c5cc(C(C)C)c(O)cc5O)cc4)CC3)CC2)ccc1Nc1ncc2c(n1)N(C)c1ccccc1C(=O)N2C. The van der Waals surface area contributed by atoms with Gasteiger partial charge in [0.25, 0.3) is 5.91 Å². The lowest BCUT2D eigenvalue weighted by Gasteiger charge is -2.40. The molecule has 9 rings (SSSR count). The minimum atomic E-state index is -0.326. The van der Waals surface area contributed by atoms with Crippen LogP contribution < -0.4 is 29.7 Å². The van der Waals surface area contributed by atoms with Crippen molar-refractivity contribution in [1.29, 1.82) is 0 Å². The van der Waals surface area contributed by atoms with Gasteiger partial charge < -0.3 is 49.9 Å². The van der Waals surface area contributed by atoms with Crippen LogP contribution in [0.15, 0.2) is 85.1 Å². The predicted octanol–water partition coefficient (Wildman–Crippen LogP) is 7.03. The van der Waals surface area contributed by atoms with Gasteiger partial charge in [-0.2, -0.15) is 4.98 Å². The smallest absolute Gasteiger partial charge is 0.319 e. The van der Waals surface area contributed by atoms with Gasteiger partial charge in [-0.15, -0.1) is 5.10 Å². The Morgan fingerprint density at radius 2 is 1.48 bits per heavy atom. The number of aromatic nitrogens is 5. The summed E-state index contributed by atoms with van der Waals surface area (Å²) in [6.07, 6.45) is 3.16. The summed E-state index contributed by atoms with van der Waals surface area (Å²) in [6.45, 7) is 10.4. The minimum Gasteiger partial charge on any atom is -0.508 e. The lowest BCUT2D eigenvalue weighted by molar-refractivity contribution is -0.136. The van der Waals surface area contributed by atoms with Crippen LogP contribution in [0.1, 0.15) is 55.5 Å². The number of nitrogens with zero attached hydrogens (tertiary/aromatic N) is 10. The van der Waals surface area contributed by atoms with E-state index in [1.54, 1.807) is 24.2 Å². The number of phenols is 2. The zero-order valence-electron chi connectivity index (χ0n) is 37.1. The Balaban J connectivity index is 0.807. The second-order valence-corrected chi connectivity index (χ2v) is 16.9. The van der Waals surface area contributed by atoms with Crippen molar-refractivity contribution in [2.24, 2.45) is 5.92 Å². The predicted molar refractivity (Wildman–Crippen MR) is 250 cm³/mol. The third kappa shape index (κ3) is 8.13. The maximum absolute atomic E-state index is 13.8. The molecule has 4 aromatic carbocycles. The molecule has 17 heteroatoms. The molecule has 0 spiro atoms. The first kappa shape index (κ1) is 42.7. The zero-order chi connectivity index (χ0) is 45.5. The maximum Gasteiger partial charge on any atom is 0.319 e. The first-order valence-corrected chi connectivity index (χ1v) is 22.0.